The number of rotatable bonds is 2. The van der Waals surface area contributed by atoms with E-state index in [1.165, 1.54) is 6.42 Å². The fourth-order valence-electron chi connectivity index (χ4n) is 2.35. The molecule has 0 saturated heterocycles. The molecule has 0 spiro atoms. The maximum atomic E-state index is 11.7. The number of hydrogen-bond acceptors (Lipinski definition) is 2. The largest absolute Gasteiger partial charge is 0.399 e. The van der Waals surface area contributed by atoms with Crippen LogP contribution in [0.5, 0.6) is 0 Å². The molecule has 0 amide bonds. The third kappa shape index (κ3) is 8.33. The first-order valence-corrected chi connectivity index (χ1v) is 8.76. The van der Waals surface area contributed by atoms with Crippen molar-refractivity contribution in [2.75, 3.05) is 0 Å². The first-order chi connectivity index (χ1) is 10.7. The number of carbonyl (C=O) groups is 1. The Bertz CT molecular complexity index is 458. The lowest BCUT2D eigenvalue weighted by atomic mass is 9.86. The monoisotopic (exact) mass is 337 g/mol. The molecule has 0 heterocycles. The van der Waals surface area contributed by atoms with Crippen molar-refractivity contribution in [2.24, 2.45) is 5.73 Å². The van der Waals surface area contributed by atoms with Gasteiger partial charge in [-0.05, 0) is 56.9 Å². The van der Waals surface area contributed by atoms with Crippen LogP contribution >= 0.6 is 0 Å². The highest BCUT2D eigenvalue weighted by molar-refractivity contribution is 5.99. The molecule has 0 aliphatic carbocycles. The lowest BCUT2D eigenvalue weighted by Gasteiger charge is -2.19. The fraction of sp³-hybridized carbons (Fsp3) is 0.591. The average molecular weight is 338 g/mol. The second-order valence-electron chi connectivity index (χ2n) is 5.04. The minimum absolute atomic E-state index is 0. The molecule has 2 heteroatoms. The van der Waals surface area contributed by atoms with Gasteiger partial charge in [-0.2, -0.15) is 0 Å². The molecule has 0 saturated carbocycles. The maximum Gasteiger partial charge on any atom is 0.160 e. The van der Waals surface area contributed by atoms with Gasteiger partial charge >= 0.3 is 0 Å². The average Bonchev–Trinajstić information content (AvgIpc) is 2.49. The van der Waals surface area contributed by atoms with Crippen LogP contribution in [-0.2, 0) is 0 Å². The van der Waals surface area contributed by atoms with Crippen LogP contribution in [-0.4, -0.2) is 5.78 Å². The van der Waals surface area contributed by atoms with E-state index >= 15 is 0 Å². The lowest BCUT2D eigenvalue weighted by Crippen LogP contribution is -2.10. The Morgan fingerprint density at radius 2 is 1.12 bits per heavy atom. The first-order valence-electron chi connectivity index (χ1n) is 8.76. The summed E-state index contributed by atoms with van der Waals surface area (Å²) < 4.78 is 0. The van der Waals surface area contributed by atoms with E-state index in [2.05, 4.69) is 20.4 Å². The Balaban J connectivity index is -0.000000219. The Hall–Kier alpha value is -1.57. The number of Topliss-reactive ketones (excluding diaryl/α,β-unsaturated/α-hetero) is 1. The number of hydrogen-bond donors (Lipinski definition) is 1. The fourth-order valence-corrected chi connectivity index (χ4v) is 2.35. The predicted molar refractivity (Wildman–Crippen MR) is 114 cm³/mol. The smallest absolute Gasteiger partial charge is 0.160 e. The van der Waals surface area contributed by atoms with E-state index < -0.39 is 0 Å². The summed E-state index contributed by atoms with van der Waals surface area (Å²) in [4.78, 5) is 11.7. The van der Waals surface area contributed by atoms with Crippen molar-refractivity contribution in [1.29, 1.82) is 0 Å². The third-order valence-electron chi connectivity index (χ3n) is 3.30. The summed E-state index contributed by atoms with van der Waals surface area (Å²) in [6.07, 6.45) is 1.25. The molecule has 142 valence electrons. The molecule has 0 aromatic heterocycles. The van der Waals surface area contributed by atoms with Gasteiger partial charge in [0.2, 0.25) is 0 Å². The SMILES string of the molecule is C.C=C(N)c1c(C)c(C)c(C)c(C(C)=O)c1C.CC.CC.CCC. The summed E-state index contributed by atoms with van der Waals surface area (Å²) in [5.41, 5.74) is 12.3. The maximum absolute atomic E-state index is 11.7. The molecule has 24 heavy (non-hydrogen) atoms. The van der Waals surface area contributed by atoms with Crippen LogP contribution in [0.25, 0.3) is 5.70 Å². The highest BCUT2D eigenvalue weighted by Crippen LogP contribution is 2.29. The van der Waals surface area contributed by atoms with Crippen LogP contribution in [0.4, 0.5) is 0 Å². The van der Waals surface area contributed by atoms with E-state index in [0.717, 1.165) is 33.4 Å². The van der Waals surface area contributed by atoms with Crippen LogP contribution in [0, 0.1) is 27.7 Å². The van der Waals surface area contributed by atoms with Crippen molar-refractivity contribution < 1.29 is 4.79 Å². The zero-order valence-electron chi connectivity index (χ0n) is 17.4. The topological polar surface area (TPSA) is 43.1 Å². The summed E-state index contributed by atoms with van der Waals surface area (Å²) in [7, 11) is 0. The van der Waals surface area contributed by atoms with Gasteiger partial charge in [0.15, 0.2) is 5.78 Å². The standard InChI is InChI=1S/C14H19NO.C3H8.2C2H6.CH4/c1-7-8(2)13(11(5)15)10(4)14(9(7)3)12(6)16;1-3-2;2*1-2;/h5,15H2,1-4,6H3;3H2,1-2H3;2*1-2H3;1H4. The van der Waals surface area contributed by atoms with Gasteiger partial charge in [-0.1, -0.05) is 62.0 Å². The summed E-state index contributed by atoms with van der Waals surface area (Å²) in [5, 5.41) is 0. The van der Waals surface area contributed by atoms with Gasteiger partial charge in [-0.3, -0.25) is 4.79 Å². The Morgan fingerprint density at radius 1 is 0.833 bits per heavy atom. The van der Waals surface area contributed by atoms with Gasteiger partial charge in [-0.15, -0.1) is 0 Å². The summed E-state index contributed by atoms with van der Waals surface area (Å²) in [6.45, 7) is 25.6. The van der Waals surface area contributed by atoms with E-state index in [1.54, 1.807) is 6.92 Å². The Kier molecular flexibility index (Phi) is 20.6. The van der Waals surface area contributed by atoms with E-state index in [1.807, 2.05) is 55.4 Å². The lowest BCUT2D eigenvalue weighted by molar-refractivity contribution is 0.101. The van der Waals surface area contributed by atoms with Crippen molar-refractivity contribution in [2.45, 2.75) is 90.0 Å². The molecule has 0 atom stereocenters. The molecule has 0 bridgehead atoms. The summed E-state index contributed by atoms with van der Waals surface area (Å²) in [5.74, 6) is 0.0839. The van der Waals surface area contributed by atoms with Crippen molar-refractivity contribution in [3.8, 4) is 0 Å². The van der Waals surface area contributed by atoms with Crippen molar-refractivity contribution in [3.05, 3.63) is 40.0 Å². The molecule has 0 aliphatic heterocycles. The molecular formula is C22H43NO. The Morgan fingerprint density at radius 3 is 1.38 bits per heavy atom. The van der Waals surface area contributed by atoms with Crippen molar-refractivity contribution in [3.63, 3.8) is 0 Å². The van der Waals surface area contributed by atoms with Crippen LogP contribution in [0.15, 0.2) is 6.58 Å². The summed E-state index contributed by atoms with van der Waals surface area (Å²) in [6, 6.07) is 0. The minimum Gasteiger partial charge on any atom is -0.399 e. The van der Waals surface area contributed by atoms with E-state index in [9.17, 15) is 4.79 Å². The first kappa shape index (κ1) is 30.3. The third-order valence-corrected chi connectivity index (χ3v) is 3.30. The number of carbonyl (C=O) groups excluding carboxylic acids is 1. The van der Waals surface area contributed by atoms with Gasteiger partial charge in [0.1, 0.15) is 0 Å². The molecule has 1 aromatic carbocycles. The van der Waals surface area contributed by atoms with Crippen LogP contribution in [0.3, 0.4) is 0 Å². The van der Waals surface area contributed by atoms with Gasteiger partial charge in [0, 0.05) is 16.8 Å². The minimum atomic E-state index is 0. The number of ketones is 1. The molecule has 0 aliphatic rings. The normalized spacial score (nSPS) is 8.12. The second-order valence-corrected chi connectivity index (χ2v) is 5.04. The van der Waals surface area contributed by atoms with Crippen molar-refractivity contribution >= 4 is 11.5 Å². The molecule has 1 aromatic rings. The van der Waals surface area contributed by atoms with Crippen LogP contribution < -0.4 is 5.73 Å². The van der Waals surface area contributed by atoms with Gasteiger partial charge in [0.05, 0.1) is 0 Å². The van der Waals surface area contributed by atoms with Gasteiger partial charge in [0.25, 0.3) is 0 Å². The quantitative estimate of drug-likeness (QED) is 0.582. The van der Waals surface area contributed by atoms with Gasteiger partial charge < -0.3 is 5.73 Å². The van der Waals surface area contributed by atoms with Gasteiger partial charge in [-0.25, -0.2) is 0 Å². The number of nitrogens with two attached hydrogens (primary N) is 1. The predicted octanol–water partition coefficient (Wildman–Crippen LogP) is 7.16. The molecule has 0 unspecified atom stereocenters. The van der Waals surface area contributed by atoms with E-state index in [0.29, 0.717) is 5.70 Å². The molecule has 0 fully saturated rings. The molecule has 2 N–H and O–H groups in total. The molecule has 2 nitrogen and oxygen atoms in total. The van der Waals surface area contributed by atoms with E-state index in [-0.39, 0.29) is 13.2 Å². The zero-order valence-corrected chi connectivity index (χ0v) is 17.4. The summed E-state index contributed by atoms with van der Waals surface area (Å²) >= 11 is 0. The molecule has 0 radical (unpaired) electrons. The highest BCUT2D eigenvalue weighted by Gasteiger charge is 2.17. The Labute approximate surface area is 152 Å². The molecule has 1 rings (SSSR count). The zero-order chi connectivity index (χ0) is 19.3. The van der Waals surface area contributed by atoms with Crippen LogP contribution in [0.1, 0.15) is 100 Å². The van der Waals surface area contributed by atoms with E-state index in [4.69, 9.17) is 5.73 Å². The van der Waals surface area contributed by atoms with Crippen LogP contribution in [0.2, 0.25) is 0 Å². The van der Waals surface area contributed by atoms with Crippen molar-refractivity contribution in [1.82, 2.24) is 0 Å². The molecular weight excluding hydrogens is 294 g/mol. The number of benzene rings is 1. The highest BCUT2D eigenvalue weighted by atomic mass is 16.1. The second kappa shape index (κ2) is 16.3.